The number of anilines is 1. The van der Waals surface area contributed by atoms with Gasteiger partial charge in [-0.15, -0.1) is 0 Å². The first-order chi connectivity index (χ1) is 7.52. The van der Waals surface area contributed by atoms with Crippen LogP contribution in [0.3, 0.4) is 0 Å². The Balaban J connectivity index is 2.62. The van der Waals surface area contributed by atoms with Gasteiger partial charge in [0.15, 0.2) is 0 Å². The number of phenolic OH excluding ortho intramolecular Hbond substituents is 1. The molecule has 0 aliphatic carbocycles. The molecule has 1 aliphatic heterocycles. The van der Waals surface area contributed by atoms with Crippen LogP contribution >= 0.6 is 22.9 Å². The summed E-state index contributed by atoms with van der Waals surface area (Å²) in [4.78, 5) is 0. The van der Waals surface area contributed by atoms with Crippen LogP contribution in [0.5, 0.6) is 5.75 Å². The molecule has 0 amide bonds. The predicted molar refractivity (Wildman–Crippen MR) is 73.2 cm³/mol. The van der Waals surface area contributed by atoms with Crippen molar-refractivity contribution < 1.29 is 10.2 Å². The van der Waals surface area contributed by atoms with E-state index in [0.29, 0.717) is 5.56 Å². The molecule has 88 valence electrons. The van der Waals surface area contributed by atoms with E-state index in [4.69, 9.17) is 0 Å². The number of rotatable bonds is 1. The first-order valence-corrected chi connectivity index (χ1v) is 6.45. The maximum Gasteiger partial charge on any atom is 0.126 e. The summed E-state index contributed by atoms with van der Waals surface area (Å²) in [5.74, 6) is 0.284. The maximum atomic E-state index is 10.2. The van der Waals surface area contributed by atoms with Gasteiger partial charge in [-0.3, -0.25) is 0 Å². The van der Waals surface area contributed by atoms with Crippen LogP contribution in [-0.2, 0) is 6.42 Å². The quantitative estimate of drug-likeness (QED) is 0.614. The van der Waals surface area contributed by atoms with Crippen LogP contribution in [0.15, 0.2) is 6.07 Å². The molecule has 16 heavy (non-hydrogen) atoms. The molecule has 3 nitrogen and oxygen atoms in total. The molecule has 0 bridgehead atoms. The Morgan fingerprint density at radius 3 is 2.81 bits per heavy atom. The normalized spacial score (nSPS) is 17.1. The van der Waals surface area contributed by atoms with Crippen molar-refractivity contribution in [3.8, 4) is 5.75 Å². The molecule has 1 aliphatic rings. The Morgan fingerprint density at radius 2 is 2.19 bits per heavy atom. The number of hydrogen-bond acceptors (Lipinski definition) is 3. The second-order valence-electron chi connectivity index (χ2n) is 4.32. The average Bonchev–Trinajstić information content (AvgIpc) is 2.19. The Morgan fingerprint density at radius 1 is 1.50 bits per heavy atom. The predicted octanol–water partition coefficient (Wildman–Crippen LogP) is 2.86. The highest BCUT2D eigenvalue weighted by Crippen LogP contribution is 2.41. The molecule has 0 spiro atoms. The van der Waals surface area contributed by atoms with Crippen molar-refractivity contribution in [3.05, 3.63) is 22.8 Å². The Bertz CT molecular complexity index is 418. The van der Waals surface area contributed by atoms with Crippen LogP contribution in [-0.4, -0.2) is 16.8 Å². The number of aryl methyl sites for hydroxylation is 1. The van der Waals surface area contributed by atoms with Gasteiger partial charge in [-0.1, -0.05) is 0 Å². The summed E-state index contributed by atoms with van der Waals surface area (Å²) in [6.07, 6.45) is 1.32. The van der Waals surface area contributed by atoms with Gasteiger partial charge in [-0.25, -0.2) is 0 Å². The monoisotopic (exact) mass is 333 g/mol. The summed E-state index contributed by atoms with van der Waals surface area (Å²) in [5, 5.41) is 19.9. The molecular formula is C12H16INO2. The summed E-state index contributed by atoms with van der Waals surface area (Å²) >= 11 is 2.27. The number of aliphatic hydroxyl groups excluding tert-OH is 1. The van der Waals surface area contributed by atoms with Gasteiger partial charge in [0, 0.05) is 17.7 Å². The third-order valence-corrected chi connectivity index (χ3v) is 4.09. The van der Waals surface area contributed by atoms with Gasteiger partial charge in [0.05, 0.1) is 34.7 Å². The van der Waals surface area contributed by atoms with E-state index < -0.39 is 6.10 Å². The van der Waals surface area contributed by atoms with E-state index in [1.54, 1.807) is 6.92 Å². The molecule has 0 saturated heterocycles. The van der Waals surface area contributed by atoms with Gasteiger partial charge >= 0.3 is 0 Å². The first kappa shape index (κ1) is 12.0. The van der Waals surface area contributed by atoms with Gasteiger partial charge in [0.25, 0.3) is 0 Å². The van der Waals surface area contributed by atoms with Crippen LogP contribution < -0.4 is 3.11 Å². The summed E-state index contributed by atoms with van der Waals surface area (Å²) in [7, 11) is 0. The van der Waals surface area contributed by atoms with Crippen LogP contribution in [0.4, 0.5) is 5.69 Å². The fourth-order valence-corrected chi connectivity index (χ4v) is 3.12. The van der Waals surface area contributed by atoms with Gasteiger partial charge in [-0.2, -0.15) is 0 Å². The highest BCUT2D eigenvalue weighted by Gasteiger charge is 2.23. The lowest BCUT2D eigenvalue weighted by Crippen LogP contribution is -2.19. The first-order valence-electron chi connectivity index (χ1n) is 5.49. The molecule has 0 fully saturated rings. The average molecular weight is 333 g/mol. The smallest absolute Gasteiger partial charge is 0.126 e. The third kappa shape index (κ3) is 1.88. The summed E-state index contributed by atoms with van der Waals surface area (Å²) in [5.41, 5.74) is 3.69. The molecule has 0 radical (unpaired) electrons. The maximum absolute atomic E-state index is 10.2. The number of hydrogen-bond donors (Lipinski definition) is 2. The zero-order valence-electron chi connectivity index (χ0n) is 9.50. The largest absolute Gasteiger partial charge is 0.507 e. The minimum Gasteiger partial charge on any atom is -0.507 e. The van der Waals surface area contributed by atoms with Crippen molar-refractivity contribution in [2.45, 2.75) is 32.8 Å². The number of phenols is 1. The second-order valence-corrected chi connectivity index (χ2v) is 5.48. The zero-order valence-corrected chi connectivity index (χ0v) is 11.7. The van der Waals surface area contributed by atoms with E-state index in [0.717, 1.165) is 36.2 Å². The minimum absolute atomic E-state index is 0.284. The topological polar surface area (TPSA) is 43.7 Å². The molecule has 1 unspecified atom stereocenters. The zero-order chi connectivity index (χ0) is 11.9. The second kappa shape index (κ2) is 4.41. The van der Waals surface area contributed by atoms with E-state index in [1.165, 1.54) is 0 Å². The minimum atomic E-state index is -0.616. The van der Waals surface area contributed by atoms with Crippen molar-refractivity contribution in [3.63, 3.8) is 0 Å². The number of benzene rings is 1. The molecule has 0 aromatic heterocycles. The van der Waals surface area contributed by atoms with Gasteiger partial charge in [0.1, 0.15) is 5.75 Å². The molecule has 4 heteroatoms. The highest BCUT2D eigenvalue weighted by atomic mass is 127. The van der Waals surface area contributed by atoms with E-state index in [2.05, 4.69) is 32.0 Å². The van der Waals surface area contributed by atoms with E-state index in [1.807, 2.05) is 6.92 Å². The van der Waals surface area contributed by atoms with Crippen LogP contribution in [0.1, 0.15) is 36.1 Å². The lowest BCUT2D eigenvalue weighted by molar-refractivity contribution is 0.194. The van der Waals surface area contributed by atoms with Crippen LogP contribution in [0, 0.1) is 6.92 Å². The summed E-state index contributed by atoms with van der Waals surface area (Å²) in [6.45, 7) is 4.64. The van der Waals surface area contributed by atoms with Gasteiger partial charge in [0.2, 0.25) is 0 Å². The van der Waals surface area contributed by atoms with Gasteiger partial charge < -0.3 is 13.3 Å². The van der Waals surface area contributed by atoms with Crippen molar-refractivity contribution >= 4 is 28.6 Å². The third-order valence-electron chi connectivity index (χ3n) is 3.09. The molecule has 0 saturated carbocycles. The molecule has 1 atom stereocenters. The van der Waals surface area contributed by atoms with Crippen molar-refractivity contribution in [1.82, 2.24) is 0 Å². The number of halogens is 1. The fraction of sp³-hybridized carbons (Fsp3) is 0.500. The molecule has 2 N–H and O–H groups in total. The number of aliphatic hydroxyl groups is 1. The van der Waals surface area contributed by atoms with E-state index in [-0.39, 0.29) is 5.75 Å². The van der Waals surface area contributed by atoms with Gasteiger partial charge in [-0.05, 0) is 38.3 Å². The Kier molecular flexibility index (Phi) is 3.30. The Labute approximate surface area is 110 Å². The molecule has 1 aromatic rings. The Hall–Kier alpha value is -0.490. The van der Waals surface area contributed by atoms with E-state index >= 15 is 0 Å². The van der Waals surface area contributed by atoms with Crippen LogP contribution in [0.2, 0.25) is 0 Å². The van der Waals surface area contributed by atoms with Crippen LogP contribution in [0.25, 0.3) is 0 Å². The standard InChI is InChI=1S/C12H16INO2/c1-7-6-10-9(4-3-5-14(10)13)12(16)11(7)8(2)15/h6,8,15-16H,3-5H2,1-2H3. The number of fused-ring (bicyclic) bond motifs is 1. The summed E-state index contributed by atoms with van der Waals surface area (Å²) in [6, 6.07) is 2.06. The molecule has 1 heterocycles. The SMILES string of the molecule is Cc1cc2c(c(O)c1C(C)O)CCCN2I. The molecular weight excluding hydrogens is 317 g/mol. The highest BCUT2D eigenvalue weighted by molar-refractivity contribution is 14.1. The van der Waals surface area contributed by atoms with E-state index in [9.17, 15) is 10.2 Å². The number of nitrogens with zero attached hydrogens (tertiary/aromatic N) is 1. The summed E-state index contributed by atoms with van der Waals surface area (Å²) < 4.78 is 2.13. The van der Waals surface area contributed by atoms with Crippen molar-refractivity contribution in [1.29, 1.82) is 0 Å². The number of aromatic hydroxyl groups is 1. The van der Waals surface area contributed by atoms with Crippen molar-refractivity contribution in [2.24, 2.45) is 0 Å². The molecule has 2 rings (SSSR count). The molecule has 1 aromatic carbocycles. The lowest BCUT2D eigenvalue weighted by Gasteiger charge is -2.28. The lowest BCUT2D eigenvalue weighted by atomic mass is 9.93. The van der Waals surface area contributed by atoms with Crippen molar-refractivity contribution in [2.75, 3.05) is 9.66 Å². The fourth-order valence-electron chi connectivity index (χ4n) is 2.35.